The largest absolute Gasteiger partial charge is 0.464 e. The summed E-state index contributed by atoms with van der Waals surface area (Å²) >= 11 is 5.90. The molecule has 3 aromatic rings. The number of nitrogens with zero attached hydrogens (tertiary/aromatic N) is 4. The zero-order valence-electron chi connectivity index (χ0n) is 10.7. The van der Waals surface area contributed by atoms with Gasteiger partial charge < -0.3 is 4.74 Å². The Morgan fingerprint density at radius 2 is 2.05 bits per heavy atom. The monoisotopic (exact) mass is 286 g/mol. The second-order valence-electron chi connectivity index (χ2n) is 4.05. The van der Waals surface area contributed by atoms with E-state index in [2.05, 4.69) is 19.9 Å². The molecule has 2 heterocycles. The number of pyridine rings is 1. The fourth-order valence-corrected chi connectivity index (χ4v) is 2.01. The number of fused-ring (bicyclic) bond motifs is 1. The summed E-state index contributed by atoms with van der Waals surface area (Å²) in [5.74, 6) is 0.473. The Labute approximate surface area is 120 Å². The van der Waals surface area contributed by atoms with Gasteiger partial charge in [-0.2, -0.15) is 15.0 Å². The molecule has 0 spiro atoms. The topological polar surface area (TPSA) is 60.8 Å². The van der Waals surface area contributed by atoms with Crippen LogP contribution in [0.5, 0.6) is 6.01 Å². The first-order valence-electron chi connectivity index (χ1n) is 6.16. The summed E-state index contributed by atoms with van der Waals surface area (Å²) in [7, 11) is 0. The van der Waals surface area contributed by atoms with Gasteiger partial charge in [-0.25, -0.2) is 0 Å². The second-order valence-corrected chi connectivity index (χ2v) is 4.39. The first kappa shape index (κ1) is 12.7. The van der Waals surface area contributed by atoms with Gasteiger partial charge in [0.15, 0.2) is 5.82 Å². The number of hydrogen-bond acceptors (Lipinski definition) is 5. The summed E-state index contributed by atoms with van der Waals surface area (Å²) in [5.41, 5.74) is 1.70. The molecular formula is C14H11ClN4O. The molecule has 0 atom stereocenters. The molecule has 5 nitrogen and oxygen atoms in total. The molecule has 0 bridgehead atoms. The first-order chi connectivity index (χ1) is 9.76. The number of rotatable bonds is 3. The van der Waals surface area contributed by atoms with Crippen LogP contribution in [-0.2, 0) is 0 Å². The Balaban J connectivity index is 2.10. The van der Waals surface area contributed by atoms with Crippen LogP contribution in [0.3, 0.4) is 0 Å². The van der Waals surface area contributed by atoms with Gasteiger partial charge in [-0.15, -0.1) is 0 Å². The number of halogens is 1. The third-order valence-corrected chi connectivity index (χ3v) is 2.89. The summed E-state index contributed by atoms with van der Waals surface area (Å²) in [5, 5.41) is 1.17. The predicted octanol–water partition coefficient (Wildman–Crippen LogP) is 3.14. The van der Waals surface area contributed by atoms with E-state index >= 15 is 0 Å². The van der Waals surface area contributed by atoms with Crippen LogP contribution in [0, 0.1) is 0 Å². The highest BCUT2D eigenvalue weighted by Gasteiger charge is 2.09. The number of benzene rings is 1. The highest BCUT2D eigenvalue weighted by Crippen LogP contribution is 2.22. The molecule has 0 amide bonds. The van der Waals surface area contributed by atoms with Gasteiger partial charge in [0.05, 0.1) is 12.1 Å². The summed E-state index contributed by atoms with van der Waals surface area (Å²) in [4.78, 5) is 16.6. The lowest BCUT2D eigenvalue weighted by Gasteiger charge is -2.05. The van der Waals surface area contributed by atoms with E-state index in [0.717, 1.165) is 16.5 Å². The number of ether oxygens (including phenoxy) is 1. The van der Waals surface area contributed by atoms with Crippen molar-refractivity contribution in [3.8, 4) is 17.4 Å². The van der Waals surface area contributed by atoms with Gasteiger partial charge in [-0.1, -0.05) is 18.2 Å². The predicted molar refractivity (Wildman–Crippen MR) is 76.7 cm³/mol. The van der Waals surface area contributed by atoms with Crippen LogP contribution in [0.15, 0.2) is 36.5 Å². The average Bonchev–Trinajstić information content (AvgIpc) is 2.46. The maximum atomic E-state index is 5.90. The molecule has 0 unspecified atom stereocenters. The Hall–Kier alpha value is -2.27. The summed E-state index contributed by atoms with van der Waals surface area (Å²) in [6, 6.07) is 9.92. The van der Waals surface area contributed by atoms with E-state index in [1.54, 1.807) is 6.20 Å². The molecule has 0 radical (unpaired) electrons. The lowest BCUT2D eigenvalue weighted by Crippen LogP contribution is -2.01. The minimum Gasteiger partial charge on any atom is -0.464 e. The molecule has 6 heteroatoms. The number of hydrogen-bond donors (Lipinski definition) is 0. The quantitative estimate of drug-likeness (QED) is 0.740. The Kier molecular flexibility index (Phi) is 3.43. The number of aromatic nitrogens is 4. The molecule has 100 valence electrons. The minimum atomic E-state index is 0.111. The lowest BCUT2D eigenvalue weighted by molar-refractivity contribution is 0.312. The molecule has 0 aliphatic heterocycles. The third-order valence-electron chi connectivity index (χ3n) is 2.73. The normalized spacial score (nSPS) is 10.7. The van der Waals surface area contributed by atoms with Gasteiger partial charge >= 0.3 is 6.01 Å². The van der Waals surface area contributed by atoms with Gasteiger partial charge in [0.1, 0.15) is 0 Å². The van der Waals surface area contributed by atoms with Gasteiger partial charge in [0.2, 0.25) is 5.28 Å². The molecule has 0 saturated heterocycles. The smallest absolute Gasteiger partial charge is 0.321 e. The van der Waals surface area contributed by atoms with Crippen LogP contribution in [-0.4, -0.2) is 26.5 Å². The van der Waals surface area contributed by atoms with Gasteiger partial charge in [0.25, 0.3) is 0 Å². The molecule has 0 aliphatic carbocycles. The van der Waals surface area contributed by atoms with E-state index in [1.165, 1.54) is 0 Å². The van der Waals surface area contributed by atoms with Gasteiger partial charge in [-0.05, 0) is 30.7 Å². The summed E-state index contributed by atoms with van der Waals surface area (Å²) in [6.07, 6.45) is 1.75. The molecule has 2 aromatic heterocycles. The van der Waals surface area contributed by atoms with E-state index in [0.29, 0.717) is 12.4 Å². The average molecular weight is 287 g/mol. The van der Waals surface area contributed by atoms with Crippen molar-refractivity contribution in [3.63, 3.8) is 0 Å². The van der Waals surface area contributed by atoms with Crippen LogP contribution in [0.25, 0.3) is 22.3 Å². The van der Waals surface area contributed by atoms with Crippen LogP contribution in [0.2, 0.25) is 5.28 Å². The fourth-order valence-electron chi connectivity index (χ4n) is 1.86. The maximum Gasteiger partial charge on any atom is 0.321 e. The summed E-state index contributed by atoms with van der Waals surface area (Å²) in [6.45, 7) is 2.33. The molecule has 0 aliphatic rings. The van der Waals surface area contributed by atoms with Crippen molar-refractivity contribution in [2.75, 3.05) is 6.61 Å². The molecule has 20 heavy (non-hydrogen) atoms. The van der Waals surface area contributed by atoms with Crippen LogP contribution in [0.1, 0.15) is 6.92 Å². The first-order valence-corrected chi connectivity index (χ1v) is 6.53. The molecule has 3 rings (SSSR count). The molecule has 0 saturated carbocycles. The summed E-state index contributed by atoms with van der Waals surface area (Å²) < 4.78 is 5.27. The molecule has 0 fully saturated rings. The maximum absolute atomic E-state index is 5.90. The highest BCUT2D eigenvalue weighted by molar-refractivity contribution is 6.28. The molecule has 0 N–H and O–H groups in total. The minimum absolute atomic E-state index is 0.111. The standard InChI is InChI=1S/C14H11ClN4O/c1-2-20-14-18-12(17-13(15)19-14)10-6-5-9-4-3-7-16-11(9)8-10/h3-8H,2H2,1H3. The van der Waals surface area contributed by atoms with E-state index in [-0.39, 0.29) is 11.3 Å². The van der Waals surface area contributed by atoms with Crippen molar-refractivity contribution in [2.45, 2.75) is 6.92 Å². The van der Waals surface area contributed by atoms with Crippen molar-refractivity contribution in [3.05, 3.63) is 41.8 Å². The van der Waals surface area contributed by atoms with Crippen molar-refractivity contribution in [1.82, 2.24) is 19.9 Å². The molecule has 1 aromatic carbocycles. The third kappa shape index (κ3) is 2.53. The highest BCUT2D eigenvalue weighted by atomic mass is 35.5. The zero-order valence-corrected chi connectivity index (χ0v) is 11.5. The van der Waals surface area contributed by atoms with Gasteiger partial charge in [0, 0.05) is 17.1 Å². The lowest BCUT2D eigenvalue weighted by atomic mass is 10.1. The van der Waals surface area contributed by atoms with Crippen molar-refractivity contribution < 1.29 is 4.74 Å². The van der Waals surface area contributed by atoms with Crippen LogP contribution < -0.4 is 4.74 Å². The SMILES string of the molecule is CCOc1nc(Cl)nc(-c2ccc3cccnc3c2)n1. The zero-order chi connectivity index (χ0) is 13.9. The van der Waals surface area contributed by atoms with Crippen molar-refractivity contribution >= 4 is 22.5 Å². The van der Waals surface area contributed by atoms with E-state index < -0.39 is 0 Å². The van der Waals surface area contributed by atoms with E-state index in [4.69, 9.17) is 16.3 Å². The fraction of sp³-hybridized carbons (Fsp3) is 0.143. The van der Waals surface area contributed by atoms with Crippen molar-refractivity contribution in [1.29, 1.82) is 0 Å². The van der Waals surface area contributed by atoms with E-state index in [9.17, 15) is 0 Å². The van der Waals surface area contributed by atoms with Crippen LogP contribution in [0.4, 0.5) is 0 Å². The Morgan fingerprint density at radius 1 is 1.15 bits per heavy atom. The van der Waals surface area contributed by atoms with Crippen molar-refractivity contribution in [2.24, 2.45) is 0 Å². The van der Waals surface area contributed by atoms with E-state index in [1.807, 2.05) is 37.3 Å². The Bertz CT molecular complexity index is 763. The van der Waals surface area contributed by atoms with Gasteiger partial charge in [-0.3, -0.25) is 4.98 Å². The molecular weight excluding hydrogens is 276 g/mol. The Morgan fingerprint density at radius 3 is 2.90 bits per heavy atom. The second kappa shape index (κ2) is 5.38. The van der Waals surface area contributed by atoms with Crippen LogP contribution >= 0.6 is 11.6 Å².